The number of carbonyl (C=O) groups is 2. The Morgan fingerprint density at radius 2 is 1.83 bits per heavy atom. The number of piperazine rings is 1. The molecule has 0 atom stereocenters. The van der Waals surface area contributed by atoms with Crippen molar-refractivity contribution in [2.24, 2.45) is 0 Å². The Morgan fingerprint density at radius 1 is 1.10 bits per heavy atom. The van der Waals surface area contributed by atoms with Crippen LogP contribution in [0.4, 0.5) is 0 Å². The molecule has 2 aliphatic heterocycles. The summed E-state index contributed by atoms with van der Waals surface area (Å²) in [4.78, 5) is 31.1. The van der Waals surface area contributed by atoms with Crippen LogP contribution in [-0.2, 0) is 20.9 Å². The molecule has 3 rings (SSSR count). The molecule has 8 heteroatoms. The Balaban J connectivity index is 1.59. The van der Waals surface area contributed by atoms with Gasteiger partial charge in [-0.15, -0.1) is 0 Å². The first kappa shape index (κ1) is 22.4. The number of fused-ring (bicyclic) bond motifs is 1. The fourth-order valence-corrected chi connectivity index (χ4v) is 3.70. The number of carbonyl (C=O) groups excluding carboxylic acids is 2. The number of hydrogen-bond acceptors (Lipinski definition) is 7. The van der Waals surface area contributed by atoms with Gasteiger partial charge in [0.1, 0.15) is 19.6 Å². The van der Waals surface area contributed by atoms with Crippen LogP contribution in [0.5, 0.6) is 11.5 Å². The number of hydrogen-bond donors (Lipinski definition) is 0. The van der Waals surface area contributed by atoms with E-state index in [0.29, 0.717) is 32.1 Å². The van der Waals surface area contributed by atoms with Crippen LogP contribution >= 0.6 is 0 Å². The van der Waals surface area contributed by atoms with Gasteiger partial charge in [0, 0.05) is 39.3 Å². The van der Waals surface area contributed by atoms with Gasteiger partial charge in [0.2, 0.25) is 5.91 Å². The molecule has 2 heterocycles. The topological polar surface area (TPSA) is 71.6 Å². The van der Waals surface area contributed by atoms with Crippen LogP contribution < -0.4 is 9.47 Å². The highest BCUT2D eigenvalue weighted by Crippen LogP contribution is 2.31. The first-order valence-corrected chi connectivity index (χ1v) is 10.8. The minimum atomic E-state index is -0.478. The van der Waals surface area contributed by atoms with Crippen LogP contribution in [-0.4, -0.2) is 92.7 Å². The van der Waals surface area contributed by atoms with Crippen molar-refractivity contribution in [1.82, 2.24) is 14.7 Å². The average Bonchev–Trinajstić information content (AvgIpc) is 2.74. The van der Waals surface area contributed by atoms with Gasteiger partial charge in [-0.25, -0.2) is 0 Å². The standard InChI is InChI=1S/C22H33N3O5/c1-3-28-22(27)16-21(26)25(8-4-7-24-11-9-23(2)10-12-24)17-18-5-6-19-20(15-18)30-14-13-29-19/h5-6,15H,3-4,7-14,16-17H2,1-2H3. The van der Waals surface area contributed by atoms with Crippen molar-refractivity contribution < 1.29 is 23.8 Å². The van der Waals surface area contributed by atoms with Crippen molar-refractivity contribution >= 4 is 11.9 Å². The number of nitrogens with zero attached hydrogens (tertiary/aromatic N) is 3. The molecule has 1 fully saturated rings. The van der Waals surface area contributed by atoms with E-state index in [1.54, 1.807) is 11.8 Å². The minimum Gasteiger partial charge on any atom is -0.486 e. The van der Waals surface area contributed by atoms with Gasteiger partial charge in [0.15, 0.2) is 11.5 Å². The molecule has 0 N–H and O–H groups in total. The molecular weight excluding hydrogens is 386 g/mol. The maximum absolute atomic E-state index is 12.8. The van der Waals surface area contributed by atoms with Crippen LogP contribution in [0.2, 0.25) is 0 Å². The minimum absolute atomic E-state index is 0.207. The fourth-order valence-electron chi connectivity index (χ4n) is 3.70. The maximum atomic E-state index is 12.8. The first-order chi connectivity index (χ1) is 14.5. The lowest BCUT2D eigenvalue weighted by molar-refractivity contribution is -0.148. The largest absolute Gasteiger partial charge is 0.486 e. The van der Waals surface area contributed by atoms with E-state index in [1.165, 1.54) is 0 Å². The molecule has 0 spiro atoms. The lowest BCUT2D eigenvalue weighted by Gasteiger charge is -2.33. The van der Waals surface area contributed by atoms with E-state index in [9.17, 15) is 9.59 Å². The molecule has 0 bridgehead atoms. The Morgan fingerprint density at radius 3 is 2.57 bits per heavy atom. The van der Waals surface area contributed by atoms with Crippen molar-refractivity contribution in [1.29, 1.82) is 0 Å². The van der Waals surface area contributed by atoms with Crippen LogP contribution in [0.15, 0.2) is 18.2 Å². The number of likely N-dealkylation sites (N-methyl/N-ethyl adjacent to an activating group) is 1. The molecule has 30 heavy (non-hydrogen) atoms. The van der Waals surface area contributed by atoms with Crippen LogP contribution in [0, 0.1) is 0 Å². The van der Waals surface area contributed by atoms with Gasteiger partial charge in [0.25, 0.3) is 0 Å². The first-order valence-electron chi connectivity index (χ1n) is 10.8. The predicted octanol–water partition coefficient (Wildman–Crippen LogP) is 1.38. The summed E-state index contributed by atoms with van der Waals surface area (Å²) in [6.45, 7) is 9.30. The molecule has 2 aliphatic rings. The van der Waals surface area contributed by atoms with Crippen molar-refractivity contribution in [2.45, 2.75) is 26.3 Å². The Bertz CT molecular complexity index is 719. The summed E-state index contributed by atoms with van der Waals surface area (Å²) < 4.78 is 16.2. The third-order valence-electron chi connectivity index (χ3n) is 5.43. The smallest absolute Gasteiger partial charge is 0.315 e. The molecule has 1 amide bonds. The monoisotopic (exact) mass is 419 g/mol. The van der Waals surface area contributed by atoms with Crippen LogP contribution in [0.25, 0.3) is 0 Å². The van der Waals surface area contributed by atoms with E-state index in [0.717, 1.165) is 50.5 Å². The van der Waals surface area contributed by atoms with Crippen molar-refractivity contribution in [3.8, 4) is 11.5 Å². The molecule has 0 saturated carbocycles. The Kier molecular flexibility index (Phi) is 8.33. The number of rotatable bonds is 9. The van der Waals surface area contributed by atoms with E-state index in [4.69, 9.17) is 14.2 Å². The summed E-state index contributed by atoms with van der Waals surface area (Å²) in [5.74, 6) is 0.744. The highest BCUT2D eigenvalue weighted by atomic mass is 16.6. The van der Waals surface area contributed by atoms with Gasteiger partial charge < -0.3 is 28.9 Å². The molecule has 1 saturated heterocycles. The SMILES string of the molecule is CCOC(=O)CC(=O)N(CCCN1CCN(C)CC1)Cc1ccc2c(c1)OCCO2. The highest BCUT2D eigenvalue weighted by molar-refractivity contribution is 5.94. The van der Waals surface area contributed by atoms with Crippen molar-refractivity contribution in [3.63, 3.8) is 0 Å². The molecule has 0 aromatic heterocycles. The zero-order valence-electron chi connectivity index (χ0n) is 18.1. The summed E-state index contributed by atoms with van der Waals surface area (Å²) in [5, 5.41) is 0. The van der Waals surface area contributed by atoms with E-state index >= 15 is 0 Å². The number of esters is 1. The van der Waals surface area contributed by atoms with Crippen LogP contribution in [0.1, 0.15) is 25.3 Å². The summed E-state index contributed by atoms with van der Waals surface area (Å²) in [6, 6.07) is 5.74. The van der Waals surface area contributed by atoms with Gasteiger partial charge in [-0.1, -0.05) is 6.07 Å². The van der Waals surface area contributed by atoms with E-state index < -0.39 is 5.97 Å². The van der Waals surface area contributed by atoms with Crippen molar-refractivity contribution in [2.75, 3.05) is 66.1 Å². The molecule has 1 aromatic carbocycles. The van der Waals surface area contributed by atoms with Crippen LogP contribution in [0.3, 0.4) is 0 Å². The number of benzene rings is 1. The molecule has 1 aromatic rings. The third kappa shape index (κ3) is 6.60. The Hall–Kier alpha value is -2.32. The average molecular weight is 420 g/mol. The predicted molar refractivity (Wildman–Crippen MR) is 113 cm³/mol. The normalized spacial score (nSPS) is 16.9. The van der Waals surface area contributed by atoms with E-state index in [1.807, 2.05) is 18.2 Å². The maximum Gasteiger partial charge on any atom is 0.315 e. The molecule has 0 unspecified atom stereocenters. The lowest BCUT2D eigenvalue weighted by Crippen LogP contribution is -2.45. The molecule has 0 radical (unpaired) electrons. The molecule has 166 valence electrons. The second-order valence-electron chi connectivity index (χ2n) is 7.77. The summed E-state index contributed by atoms with van der Waals surface area (Å²) in [5.41, 5.74) is 0.955. The van der Waals surface area contributed by atoms with Gasteiger partial charge >= 0.3 is 5.97 Å². The lowest BCUT2D eigenvalue weighted by atomic mass is 10.1. The summed E-state index contributed by atoms with van der Waals surface area (Å²) in [7, 11) is 2.14. The highest BCUT2D eigenvalue weighted by Gasteiger charge is 2.21. The van der Waals surface area contributed by atoms with E-state index in [2.05, 4.69) is 16.8 Å². The van der Waals surface area contributed by atoms with E-state index in [-0.39, 0.29) is 18.9 Å². The number of amides is 1. The molecule has 0 aliphatic carbocycles. The summed E-state index contributed by atoms with van der Waals surface area (Å²) >= 11 is 0. The van der Waals surface area contributed by atoms with Gasteiger partial charge in [-0.3, -0.25) is 9.59 Å². The molecule has 8 nitrogen and oxygen atoms in total. The number of ether oxygens (including phenoxy) is 3. The quantitative estimate of drug-likeness (QED) is 0.442. The third-order valence-corrected chi connectivity index (χ3v) is 5.43. The molecular formula is C22H33N3O5. The second-order valence-corrected chi connectivity index (χ2v) is 7.77. The zero-order valence-corrected chi connectivity index (χ0v) is 18.1. The Labute approximate surface area is 178 Å². The second kappa shape index (κ2) is 11.2. The van der Waals surface area contributed by atoms with Gasteiger partial charge in [-0.2, -0.15) is 0 Å². The van der Waals surface area contributed by atoms with Gasteiger partial charge in [0.05, 0.1) is 6.61 Å². The van der Waals surface area contributed by atoms with Crippen molar-refractivity contribution in [3.05, 3.63) is 23.8 Å². The van der Waals surface area contributed by atoms with Gasteiger partial charge in [-0.05, 0) is 44.6 Å². The zero-order chi connectivity index (χ0) is 21.3. The summed E-state index contributed by atoms with van der Waals surface area (Å²) in [6.07, 6.45) is 0.635. The fraction of sp³-hybridized carbons (Fsp3) is 0.636.